The number of β-amino-alcohol motifs (C(OH)–C–C–N with tert-alkyl or cyclic N) is 1. The van der Waals surface area contributed by atoms with Gasteiger partial charge in [-0.2, -0.15) is 4.90 Å². The van der Waals surface area contributed by atoms with E-state index in [-0.39, 0.29) is 11.8 Å². The number of amides is 1. The summed E-state index contributed by atoms with van der Waals surface area (Å²) in [4.78, 5) is 14.4. The fraction of sp³-hybridized carbons (Fsp3) is 0.529. The van der Waals surface area contributed by atoms with Crippen LogP contribution >= 0.6 is 11.6 Å². The number of likely N-dealkylation sites (N-methyl/N-ethyl adjacent to an activating group) is 1. The van der Waals surface area contributed by atoms with Crippen LogP contribution in [-0.2, 0) is 0 Å². The number of hydrogen-bond acceptors (Lipinski definition) is 2. The minimum atomic E-state index is -1.12. The van der Waals surface area contributed by atoms with E-state index in [2.05, 4.69) is 0 Å². The number of nitrogens with zero attached hydrogens (tertiary/aromatic N) is 2. The van der Waals surface area contributed by atoms with Crippen molar-refractivity contribution < 1.29 is 14.5 Å². The van der Waals surface area contributed by atoms with E-state index in [1.807, 2.05) is 11.6 Å². The first-order valence-electron chi connectivity index (χ1n) is 7.87. The van der Waals surface area contributed by atoms with E-state index in [1.165, 1.54) is 11.3 Å². The van der Waals surface area contributed by atoms with Crippen molar-refractivity contribution in [2.24, 2.45) is 5.92 Å². The highest BCUT2D eigenvalue weighted by Gasteiger charge is 2.54. The van der Waals surface area contributed by atoms with Gasteiger partial charge in [-0.1, -0.05) is 36.9 Å². The molecule has 1 aromatic rings. The van der Waals surface area contributed by atoms with Gasteiger partial charge < -0.3 is 5.11 Å². The highest BCUT2D eigenvalue weighted by molar-refractivity contribution is 6.31. The lowest BCUT2D eigenvalue weighted by molar-refractivity contribution is -0.502. The van der Waals surface area contributed by atoms with Gasteiger partial charge >= 0.3 is 5.91 Å². The first-order chi connectivity index (χ1) is 10.5. The van der Waals surface area contributed by atoms with Crippen LogP contribution in [0.5, 0.6) is 0 Å². The minimum absolute atomic E-state index is 0.130. The molecule has 3 rings (SSSR count). The highest BCUT2D eigenvalue weighted by atomic mass is 35.5. The van der Waals surface area contributed by atoms with Crippen LogP contribution in [0.4, 0.5) is 0 Å². The zero-order valence-electron chi connectivity index (χ0n) is 12.8. The van der Waals surface area contributed by atoms with Crippen molar-refractivity contribution in [1.29, 1.82) is 0 Å². The SMILES string of the molecule is C[N+]1=CN(C(=O)c2cccc(Cl)c2)C(O)(C2CCCCC2)C1. The molecule has 1 heterocycles. The molecule has 0 saturated heterocycles. The van der Waals surface area contributed by atoms with Gasteiger partial charge in [0.1, 0.15) is 0 Å². The molecule has 1 N–H and O–H groups in total. The molecule has 0 aromatic heterocycles. The van der Waals surface area contributed by atoms with E-state index >= 15 is 0 Å². The second-order valence-electron chi connectivity index (χ2n) is 6.43. The molecule has 4 nitrogen and oxygen atoms in total. The van der Waals surface area contributed by atoms with Crippen molar-refractivity contribution in [3.63, 3.8) is 0 Å². The average molecular weight is 322 g/mol. The Morgan fingerprint density at radius 2 is 2.09 bits per heavy atom. The summed E-state index contributed by atoms with van der Waals surface area (Å²) in [5.74, 6) is -0.0643. The van der Waals surface area contributed by atoms with E-state index in [1.54, 1.807) is 30.6 Å². The van der Waals surface area contributed by atoms with Crippen LogP contribution in [0.15, 0.2) is 24.3 Å². The quantitative estimate of drug-likeness (QED) is 0.851. The zero-order valence-corrected chi connectivity index (χ0v) is 13.6. The molecule has 1 amide bonds. The summed E-state index contributed by atoms with van der Waals surface area (Å²) in [5, 5.41) is 11.8. The molecule has 0 radical (unpaired) electrons. The van der Waals surface area contributed by atoms with Crippen LogP contribution in [0.25, 0.3) is 0 Å². The Bertz CT molecular complexity index is 610. The van der Waals surface area contributed by atoms with Gasteiger partial charge in [-0.05, 0) is 31.0 Å². The largest absolute Gasteiger partial charge is 0.349 e. The Kier molecular flexibility index (Phi) is 4.24. The van der Waals surface area contributed by atoms with Crippen LogP contribution in [0, 0.1) is 5.92 Å². The van der Waals surface area contributed by atoms with Crippen molar-refractivity contribution in [1.82, 2.24) is 4.90 Å². The van der Waals surface area contributed by atoms with Gasteiger partial charge in [0.2, 0.25) is 6.34 Å². The first kappa shape index (κ1) is 15.5. The van der Waals surface area contributed by atoms with Gasteiger partial charge in [0.05, 0.1) is 12.6 Å². The maximum atomic E-state index is 12.9. The Morgan fingerprint density at radius 3 is 2.77 bits per heavy atom. The molecule has 1 aliphatic carbocycles. The van der Waals surface area contributed by atoms with Crippen LogP contribution in [-0.4, -0.2) is 46.1 Å². The van der Waals surface area contributed by atoms with Crippen LogP contribution in [0.3, 0.4) is 0 Å². The van der Waals surface area contributed by atoms with E-state index < -0.39 is 5.72 Å². The predicted molar refractivity (Wildman–Crippen MR) is 86.3 cm³/mol. The summed E-state index contributed by atoms with van der Waals surface area (Å²) >= 11 is 5.99. The van der Waals surface area contributed by atoms with Gasteiger partial charge in [-0.15, -0.1) is 0 Å². The normalized spacial score (nSPS) is 26.1. The van der Waals surface area contributed by atoms with Crippen molar-refractivity contribution >= 4 is 23.8 Å². The lowest BCUT2D eigenvalue weighted by Gasteiger charge is -2.35. The Balaban J connectivity index is 1.90. The second kappa shape index (κ2) is 6.01. The molecular weight excluding hydrogens is 300 g/mol. The molecule has 5 heteroatoms. The molecule has 1 fully saturated rings. The van der Waals surface area contributed by atoms with Crippen LogP contribution in [0.1, 0.15) is 42.5 Å². The number of benzene rings is 1. The predicted octanol–water partition coefficient (Wildman–Crippen LogP) is 2.74. The molecule has 1 aromatic carbocycles. The molecule has 1 saturated carbocycles. The Labute approximate surface area is 136 Å². The third-order valence-corrected chi connectivity index (χ3v) is 5.00. The van der Waals surface area contributed by atoms with Gasteiger partial charge in [-0.25, -0.2) is 4.79 Å². The molecule has 2 aliphatic rings. The number of halogens is 1. The molecule has 1 unspecified atom stereocenters. The van der Waals surface area contributed by atoms with E-state index in [0.717, 1.165) is 25.7 Å². The van der Waals surface area contributed by atoms with Gasteiger partial charge in [0, 0.05) is 10.9 Å². The van der Waals surface area contributed by atoms with Crippen molar-refractivity contribution in [2.75, 3.05) is 13.6 Å². The fourth-order valence-corrected chi connectivity index (χ4v) is 3.85. The second-order valence-corrected chi connectivity index (χ2v) is 6.87. The number of hydrogen-bond donors (Lipinski definition) is 1. The maximum absolute atomic E-state index is 12.9. The van der Waals surface area contributed by atoms with Crippen LogP contribution in [0.2, 0.25) is 5.02 Å². The molecule has 1 aliphatic heterocycles. The van der Waals surface area contributed by atoms with Crippen molar-refractivity contribution in [2.45, 2.75) is 37.8 Å². The summed E-state index contributed by atoms with van der Waals surface area (Å²) in [5.41, 5.74) is -0.609. The number of aliphatic hydroxyl groups is 1. The van der Waals surface area contributed by atoms with Gasteiger partial charge in [0.15, 0.2) is 6.54 Å². The Morgan fingerprint density at radius 1 is 1.36 bits per heavy atom. The standard InChI is InChI=1S/C17H22ClN2O2/c1-19-11-17(22,14-7-3-2-4-8-14)20(12-19)16(21)13-6-5-9-15(18)10-13/h5-6,9-10,12,14,22H,2-4,7-8,11H2,1H3/q+1. The van der Waals surface area contributed by atoms with Gasteiger partial charge in [-0.3, -0.25) is 4.58 Å². The van der Waals surface area contributed by atoms with Crippen LogP contribution < -0.4 is 0 Å². The third kappa shape index (κ3) is 2.77. The smallest absolute Gasteiger partial charge is 0.343 e. The monoisotopic (exact) mass is 321 g/mol. The van der Waals surface area contributed by atoms with Crippen molar-refractivity contribution in [3.8, 4) is 0 Å². The topological polar surface area (TPSA) is 43.5 Å². The lowest BCUT2D eigenvalue weighted by atomic mass is 9.81. The molecular formula is C17H22ClN2O2+. The Hall–Kier alpha value is -1.39. The first-order valence-corrected chi connectivity index (χ1v) is 8.25. The minimum Gasteiger partial charge on any atom is -0.349 e. The number of carbonyl (C=O) groups is 1. The van der Waals surface area contributed by atoms with E-state index in [4.69, 9.17) is 11.6 Å². The van der Waals surface area contributed by atoms with Gasteiger partial charge in [0.25, 0.3) is 5.72 Å². The zero-order chi connectivity index (χ0) is 15.7. The third-order valence-electron chi connectivity index (χ3n) is 4.76. The summed E-state index contributed by atoms with van der Waals surface area (Å²) < 4.78 is 1.89. The summed E-state index contributed by atoms with van der Waals surface area (Å²) in [6.07, 6.45) is 7.12. The maximum Gasteiger partial charge on any atom is 0.343 e. The van der Waals surface area contributed by atoms with E-state index in [9.17, 15) is 9.90 Å². The highest BCUT2D eigenvalue weighted by Crippen LogP contribution is 2.37. The average Bonchev–Trinajstić information content (AvgIpc) is 2.83. The van der Waals surface area contributed by atoms with E-state index in [0.29, 0.717) is 17.1 Å². The summed E-state index contributed by atoms with van der Waals surface area (Å²) in [6, 6.07) is 6.89. The molecule has 0 bridgehead atoms. The lowest BCUT2D eigenvalue weighted by Crippen LogP contribution is -2.55. The molecule has 22 heavy (non-hydrogen) atoms. The number of rotatable bonds is 2. The van der Waals surface area contributed by atoms with Crippen molar-refractivity contribution in [3.05, 3.63) is 34.9 Å². The summed E-state index contributed by atoms with van der Waals surface area (Å²) in [6.45, 7) is 0.462. The fourth-order valence-electron chi connectivity index (χ4n) is 3.66. The molecule has 118 valence electrons. The molecule has 0 spiro atoms. The number of carbonyl (C=O) groups excluding carboxylic acids is 1. The summed E-state index contributed by atoms with van der Waals surface area (Å²) in [7, 11) is 1.89. The molecule has 1 atom stereocenters.